The number of esters is 1. The van der Waals surface area contributed by atoms with E-state index >= 15 is 0 Å². The number of ether oxygens (including phenoxy) is 3. The van der Waals surface area contributed by atoms with E-state index in [1.165, 1.54) is 31.9 Å². The van der Waals surface area contributed by atoms with Crippen LogP contribution in [0.1, 0.15) is 58.4 Å². The lowest BCUT2D eigenvalue weighted by atomic mass is 9.97. The first-order chi connectivity index (χ1) is 28.9. The molecule has 0 aliphatic carbocycles. The Bertz CT molecular complexity index is 2230. The molecule has 0 saturated heterocycles. The van der Waals surface area contributed by atoms with E-state index in [9.17, 15) is 30.0 Å². The second kappa shape index (κ2) is 22.2. The molecule has 0 aliphatic heterocycles. The summed E-state index contributed by atoms with van der Waals surface area (Å²) in [5.41, 5.74) is 20.3. The molecule has 0 fully saturated rings. The molecule has 4 rings (SSSR count). The molecule has 6 atom stereocenters. The SMILES string of the molecule is CC(NC(=O)C(N)C(C)C)C(=O)OCC(COc1ccc(-c2c(C#N)c(N)nc(SCc3coc(-c4ccc(Cl)cc4)n3)c2C#N)cc1)OC(O)C(C)NC(=O)C(N)C(C)C. The van der Waals surface area contributed by atoms with Crippen molar-refractivity contribution in [2.24, 2.45) is 23.3 Å². The third-order valence-electron chi connectivity index (χ3n) is 9.29. The number of nitriles is 2. The van der Waals surface area contributed by atoms with Crippen LogP contribution in [0.5, 0.6) is 5.75 Å². The van der Waals surface area contributed by atoms with Gasteiger partial charge >= 0.3 is 5.97 Å². The Kier molecular flexibility index (Phi) is 17.5. The van der Waals surface area contributed by atoms with Gasteiger partial charge in [0.2, 0.25) is 17.7 Å². The molecule has 2 amide bonds. The molecule has 4 aromatic rings. The van der Waals surface area contributed by atoms with Gasteiger partial charge in [0.1, 0.15) is 65.9 Å². The fraction of sp³-hybridized carbons (Fsp3) is 0.405. The number of hydrogen-bond donors (Lipinski definition) is 6. The Morgan fingerprint density at radius 2 is 1.46 bits per heavy atom. The van der Waals surface area contributed by atoms with E-state index < -0.39 is 61.0 Å². The molecule has 2 heterocycles. The minimum absolute atomic E-state index is 0.0115. The summed E-state index contributed by atoms with van der Waals surface area (Å²) in [6.07, 6.45) is -1.16. The predicted molar refractivity (Wildman–Crippen MR) is 228 cm³/mol. The number of nitrogens with zero attached hydrogens (tertiary/aromatic N) is 4. The molecule has 0 aliphatic rings. The monoisotopic (exact) mass is 875 g/mol. The summed E-state index contributed by atoms with van der Waals surface area (Å²) in [6, 6.07) is 14.0. The lowest BCUT2D eigenvalue weighted by Gasteiger charge is -2.27. The number of pyridine rings is 1. The van der Waals surface area contributed by atoms with Gasteiger partial charge in [-0.1, -0.05) is 63.2 Å². The van der Waals surface area contributed by atoms with Crippen LogP contribution in [0.25, 0.3) is 22.6 Å². The minimum Gasteiger partial charge on any atom is -0.491 e. The van der Waals surface area contributed by atoms with E-state index in [1.54, 1.807) is 76.2 Å². The molecular weight excluding hydrogens is 826 g/mol. The maximum Gasteiger partial charge on any atom is 0.328 e. The van der Waals surface area contributed by atoms with Crippen LogP contribution < -0.4 is 32.6 Å². The zero-order valence-corrected chi connectivity index (χ0v) is 36.1. The zero-order valence-electron chi connectivity index (χ0n) is 34.5. The van der Waals surface area contributed by atoms with Crippen molar-refractivity contribution in [1.82, 2.24) is 20.6 Å². The second-order valence-corrected chi connectivity index (χ2v) is 16.2. The van der Waals surface area contributed by atoms with Gasteiger partial charge in [-0.15, -0.1) is 0 Å². The number of carbonyl (C=O) groups excluding carboxylic acids is 3. The largest absolute Gasteiger partial charge is 0.491 e. The summed E-state index contributed by atoms with van der Waals surface area (Å²) < 4.78 is 22.9. The number of aliphatic hydroxyl groups is 1. The van der Waals surface area contributed by atoms with Crippen LogP contribution in [0.4, 0.5) is 5.82 Å². The molecule has 9 N–H and O–H groups in total. The average Bonchev–Trinajstić information content (AvgIpc) is 3.72. The van der Waals surface area contributed by atoms with Gasteiger partial charge in [0.25, 0.3) is 0 Å². The molecule has 2 aromatic carbocycles. The first kappa shape index (κ1) is 47.9. The number of aliphatic hydroxyl groups excluding tert-OH is 1. The van der Waals surface area contributed by atoms with Crippen molar-refractivity contribution in [3.8, 4) is 40.5 Å². The quantitative estimate of drug-likeness (QED) is 0.0410. The van der Waals surface area contributed by atoms with Crippen molar-refractivity contribution in [3.63, 3.8) is 0 Å². The number of carbonyl (C=O) groups is 3. The fourth-order valence-corrected chi connectivity index (χ4v) is 6.44. The van der Waals surface area contributed by atoms with E-state index in [4.69, 9.17) is 47.4 Å². The number of rotatable bonds is 20. The number of thioether (sulfide) groups is 1. The highest BCUT2D eigenvalue weighted by Gasteiger charge is 2.28. The van der Waals surface area contributed by atoms with Gasteiger partial charge in [0.05, 0.1) is 29.4 Å². The van der Waals surface area contributed by atoms with Gasteiger partial charge in [-0.3, -0.25) is 9.59 Å². The predicted octanol–water partition coefficient (Wildman–Crippen LogP) is 4.28. The topological polar surface area (TPSA) is 288 Å². The van der Waals surface area contributed by atoms with Crippen molar-refractivity contribution in [3.05, 3.63) is 76.6 Å². The van der Waals surface area contributed by atoms with Gasteiger partial charge < -0.3 is 51.6 Å². The number of oxazole rings is 1. The molecule has 2 aromatic heterocycles. The minimum atomic E-state index is -1.58. The summed E-state index contributed by atoms with van der Waals surface area (Å²) >= 11 is 7.20. The third-order valence-corrected chi connectivity index (χ3v) is 10.6. The smallest absolute Gasteiger partial charge is 0.328 e. The van der Waals surface area contributed by atoms with Crippen LogP contribution in [-0.2, 0) is 29.6 Å². The first-order valence-electron chi connectivity index (χ1n) is 19.3. The Hall–Kier alpha value is -5.73. The lowest BCUT2D eigenvalue weighted by molar-refractivity contribution is -0.180. The lowest BCUT2D eigenvalue weighted by Crippen LogP contribution is -2.52. The number of nitrogens with two attached hydrogens (primary N) is 3. The number of halogens is 1. The summed E-state index contributed by atoms with van der Waals surface area (Å²) in [5, 5.41) is 37.3. The van der Waals surface area contributed by atoms with Crippen molar-refractivity contribution >= 4 is 47.0 Å². The highest BCUT2D eigenvalue weighted by Crippen LogP contribution is 2.37. The number of anilines is 1. The standard InChI is InChI=1S/C42H50ClN9O8S/c1-21(2)34(46)37(53)49-23(5)41(55)59-19-30(60-42(56)24(6)50-38(54)35(47)22(3)4)18-57-29-13-9-25(10-14-29)33-31(15-44)36(48)52-40(32(33)16-45)61-20-28-17-58-39(51-28)26-7-11-27(43)12-8-26/h7-14,17,21-24,30,34-35,42,56H,18-20,46-47H2,1-6H3,(H2,48,52)(H,49,53)(H,50,54). The number of benzene rings is 2. The Morgan fingerprint density at radius 1 is 0.869 bits per heavy atom. The van der Waals surface area contributed by atoms with Crippen LogP contribution in [-0.4, -0.2) is 82.6 Å². The molecule has 6 unspecified atom stereocenters. The molecule has 61 heavy (non-hydrogen) atoms. The molecular formula is C42H50ClN9O8S. The van der Waals surface area contributed by atoms with E-state index in [0.717, 1.165) is 5.56 Å². The summed E-state index contributed by atoms with van der Waals surface area (Å²) in [4.78, 5) is 46.8. The Labute approximate surface area is 363 Å². The molecule has 324 valence electrons. The number of nitrogens with one attached hydrogen (secondary N) is 2. The van der Waals surface area contributed by atoms with Crippen molar-refractivity contribution in [2.75, 3.05) is 18.9 Å². The van der Waals surface area contributed by atoms with Crippen LogP contribution in [0.15, 0.2) is 64.2 Å². The first-order valence-corrected chi connectivity index (χ1v) is 20.6. The highest BCUT2D eigenvalue weighted by atomic mass is 35.5. The van der Waals surface area contributed by atoms with Gasteiger partial charge in [0, 0.05) is 21.9 Å². The zero-order chi connectivity index (χ0) is 45.0. The normalized spacial score (nSPS) is 14.2. The van der Waals surface area contributed by atoms with Crippen LogP contribution in [0.2, 0.25) is 5.02 Å². The maximum absolute atomic E-state index is 12.9. The molecule has 0 saturated carbocycles. The van der Waals surface area contributed by atoms with Gasteiger partial charge in [0.15, 0.2) is 6.29 Å². The Morgan fingerprint density at radius 3 is 2.05 bits per heavy atom. The number of aromatic nitrogens is 2. The molecule has 0 spiro atoms. The summed E-state index contributed by atoms with van der Waals surface area (Å²) in [5.74, 6) is -1.22. The van der Waals surface area contributed by atoms with E-state index in [2.05, 4.69) is 32.7 Å². The second-order valence-electron chi connectivity index (χ2n) is 14.8. The molecule has 19 heteroatoms. The maximum atomic E-state index is 12.9. The van der Waals surface area contributed by atoms with Crippen LogP contribution >= 0.6 is 23.4 Å². The van der Waals surface area contributed by atoms with Crippen LogP contribution in [0.3, 0.4) is 0 Å². The van der Waals surface area contributed by atoms with Crippen molar-refractivity contribution in [1.29, 1.82) is 10.5 Å². The molecule has 0 bridgehead atoms. The summed E-state index contributed by atoms with van der Waals surface area (Å²) in [6.45, 7) is 9.39. The average molecular weight is 876 g/mol. The number of nitrogen functional groups attached to an aromatic ring is 1. The van der Waals surface area contributed by atoms with E-state index in [1.807, 2.05) is 0 Å². The van der Waals surface area contributed by atoms with Crippen molar-refractivity contribution in [2.45, 2.75) is 88.9 Å². The highest BCUT2D eigenvalue weighted by molar-refractivity contribution is 7.98. The number of hydrogen-bond acceptors (Lipinski definition) is 16. The fourth-order valence-electron chi connectivity index (χ4n) is 5.45. The van der Waals surface area contributed by atoms with E-state index in [-0.39, 0.29) is 51.7 Å². The van der Waals surface area contributed by atoms with Gasteiger partial charge in [-0.05, 0) is 67.6 Å². The van der Waals surface area contributed by atoms with Gasteiger partial charge in [-0.2, -0.15) is 10.5 Å². The molecule has 0 radical (unpaired) electrons. The Balaban J connectivity index is 1.50. The van der Waals surface area contributed by atoms with Crippen LogP contribution in [0, 0.1) is 34.5 Å². The molecule has 17 nitrogen and oxygen atoms in total. The number of amides is 2. The third kappa shape index (κ3) is 13.1. The van der Waals surface area contributed by atoms with Crippen molar-refractivity contribution < 1.29 is 38.1 Å². The summed E-state index contributed by atoms with van der Waals surface area (Å²) in [7, 11) is 0. The van der Waals surface area contributed by atoms with E-state index in [0.29, 0.717) is 27.9 Å². The van der Waals surface area contributed by atoms with Gasteiger partial charge in [-0.25, -0.2) is 14.8 Å².